The summed E-state index contributed by atoms with van der Waals surface area (Å²) in [6.45, 7) is 1.28. The summed E-state index contributed by atoms with van der Waals surface area (Å²) in [4.78, 5) is 27.3. The van der Waals surface area contributed by atoms with E-state index < -0.39 is 12.0 Å². The standard InChI is InChI=1S/C10H12BrN3O3/c11-6-3-7(13-4-6)9(15)14-2-1-12-5-8(14)10(16)17/h3-4,8,12-13H,1-2,5H2,(H,16,17). The Balaban J connectivity index is 2.19. The Kier molecular flexibility index (Phi) is 3.49. The predicted octanol–water partition coefficient (Wildman–Crippen LogP) is 0.276. The van der Waals surface area contributed by atoms with Crippen LogP contribution in [0.25, 0.3) is 0 Å². The molecule has 1 aromatic rings. The number of aromatic amines is 1. The fraction of sp³-hybridized carbons (Fsp3) is 0.400. The van der Waals surface area contributed by atoms with Gasteiger partial charge in [-0.3, -0.25) is 4.79 Å². The molecule has 6 nitrogen and oxygen atoms in total. The van der Waals surface area contributed by atoms with E-state index in [0.717, 1.165) is 4.47 Å². The summed E-state index contributed by atoms with van der Waals surface area (Å²) in [7, 11) is 0. The Hall–Kier alpha value is -1.34. The van der Waals surface area contributed by atoms with E-state index in [4.69, 9.17) is 5.11 Å². The Morgan fingerprint density at radius 3 is 2.88 bits per heavy atom. The van der Waals surface area contributed by atoms with Crippen LogP contribution < -0.4 is 5.32 Å². The third kappa shape index (κ3) is 2.50. The van der Waals surface area contributed by atoms with Crippen molar-refractivity contribution in [1.82, 2.24) is 15.2 Å². The topological polar surface area (TPSA) is 85.4 Å². The van der Waals surface area contributed by atoms with Gasteiger partial charge in [0, 0.05) is 30.3 Å². The molecule has 0 radical (unpaired) electrons. The summed E-state index contributed by atoms with van der Waals surface area (Å²) >= 11 is 3.24. The first kappa shape index (κ1) is 12.1. The molecule has 0 aromatic carbocycles. The number of piperazine rings is 1. The second kappa shape index (κ2) is 4.89. The van der Waals surface area contributed by atoms with Crippen molar-refractivity contribution in [2.75, 3.05) is 19.6 Å². The van der Waals surface area contributed by atoms with Gasteiger partial charge in [-0.2, -0.15) is 0 Å². The van der Waals surface area contributed by atoms with Crippen molar-refractivity contribution in [3.63, 3.8) is 0 Å². The molecule has 1 fully saturated rings. The number of amides is 1. The van der Waals surface area contributed by atoms with E-state index in [1.54, 1.807) is 12.3 Å². The Labute approximate surface area is 106 Å². The van der Waals surface area contributed by atoms with Crippen LogP contribution in [-0.2, 0) is 4.79 Å². The van der Waals surface area contributed by atoms with E-state index in [0.29, 0.717) is 18.8 Å². The number of carboxylic acid groups (broad SMARTS) is 1. The van der Waals surface area contributed by atoms with Gasteiger partial charge in [-0.1, -0.05) is 0 Å². The van der Waals surface area contributed by atoms with Crippen LogP contribution in [0, 0.1) is 0 Å². The average molecular weight is 302 g/mol. The van der Waals surface area contributed by atoms with Crippen molar-refractivity contribution in [3.05, 3.63) is 22.4 Å². The molecular formula is C10H12BrN3O3. The molecule has 2 rings (SSSR count). The molecule has 0 saturated carbocycles. The van der Waals surface area contributed by atoms with Gasteiger partial charge < -0.3 is 20.3 Å². The maximum Gasteiger partial charge on any atom is 0.327 e. The summed E-state index contributed by atoms with van der Waals surface area (Å²) in [6.07, 6.45) is 1.64. The zero-order valence-electron chi connectivity index (χ0n) is 8.94. The number of hydrogen-bond acceptors (Lipinski definition) is 3. The van der Waals surface area contributed by atoms with Crippen LogP contribution in [0.4, 0.5) is 0 Å². The van der Waals surface area contributed by atoms with Crippen LogP contribution >= 0.6 is 15.9 Å². The zero-order chi connectivity index (χ0) is 12.4. The molecule has 1 amide bonds. The van der Waals surface area contributed by atoms with E-state index in [9.17, 15) is 9.59 Å². The molecule has 1 aliphatic rings. The number of aromatic nitrogens is 1. The lowest BCUT2D eigenvalue weighted by Gasteiger charge is -2.33. The first-order chi connectivity index (χ1) is 8.09. The van der Waals surface area contributed by atoms with Gasteiger partial charge in [0.15, 0.2) is 0 Å². The van der Waals surface area contributed by atoms with E-state index in [1.165, 1.54) is 4.90 Å². The molecular weight excluding hydrogens is 290 g/mol. The van der Waals surface area contributed by atoms with Crippen LogP contribution in [0.2, 0.25) is 0 Å². The highest BCUT2D eigenvalue weighted by Crippen LogP contribution is 2.14. The quantitative estimate of drug-likeness (QED) is 0.732. The number of carbonyl (C=O) groups is 2. The van der Waals surface area contributed by atoms with Gasteiger partial charge >= 0.3 is 5.97 Å². The normalized spacial score (nSPS) is 20.3. The van der Waals surface area contributed by atoms with Gasteiger partial charge in [0.25, 0.3) is 5.91 Å². The summed E-state index contributed by atoms with van der Waals surface area (Å²) in [5.74, 6) is -1.28. The van der Waals surface area contributed by atoms with Crippen molar-refractivity contribution in [2.45, 2.75) is 6.04 Å². The van der Waals surface area contributed by atoms with Crippen LogP contribution in [0.5, 0.6) is 0 Å². The molecule has 3 N–H and O–H groups in total. The van der Waals surface area contributed by atoms with Crippen molar-refractivity contribution >= 4 is 27.8 Å². The molecule has 7 heteroatoms. The van der Waals surface area contributed by atoms with Crippen molar-refractivity contribution in [3.8, 4) is 0 Å². The third-order valence-electron chi connectivity index (χ3n) is 2.67. The van der Waals surface area contributed by atoms with Gasteiger partial charge in [0.2, 0.25) is 0 Å². The predicted molar refractivity (Wildman–Crippen MR) is 63.8 cm³/mol. The first-order valence-corrected chi connectivity index (χ1v) is 5.97. The second-order valence-corrected chi connectivity index (χ2v) is 4.70. The summed E-state index contributed by atoms with van der Waals surface area (Å²) in [5, 5.41) is 12.0. The van der Waals surface area contributed by atoms with Gasteiger partial charge in [0.05, 0.1) is 0 Å². The van der Waals surface area contributed by atoms with E-state index in [1.807, 2.05) is 0 Å². The Morgan fingerprint density at radius 1 is 1.53 bits per heavy atom. The number of nitrogens with zero attached hydrogens (tertiary/aromatic N) is 1. The highest BCUT2D eigenvalue weighted by molar-refractivity contribution is 9.10. The van der Waals surface area contributed by atoms with Crippen LogP contribution in [-0.4, -0.2) is 52.5 Å². The van der Waals surface area contributed by atoms with Crippen LogP contribution in [0.15, 0.2) is 16.7 Å². The first-order valence-electron chi connectivity index (χ1n) is 5.18. The Bertz CT molecular complexity index is 446. The number of hydrogen-bond donors (Lipinski definition) is 3. The largest absolute Gasteiger partial charge is 0.480 e. The number of halogens is 1. The van der Waals surface area contributed by atoms with Crippen molar-refractivity contribution in [2.24, 2.45) is 0 Å². The molecule has 0 spiro atoms. The molecule has 1 atom stereocenters. The maximum absolute atomic E-state index is 12.1. The summed E-state index contributed by atoms with van der Waals surface area (Å²) < 4.78 is 0.767. The van der Waals surface area contributed by atoms with E-state index in [-0.39, 0.29) is 12.5 Å². The number of aliphatic carboxylic acids is 1. The monoisotopic (exact) mass is 301 g/mol. The van der Waals surface area contributed by atoms with Gasteiger partial charge in [-0.15, -0.1) is 0 Å². The molecule has 2 heterocycles. The minimum absolute atomic E-state index is 0.281. The molecule has 1 aromatic heterocycles. The fourth-order valence-corrected chi connectivity index (χ4v) is 2.16. The number of H-pyrrole nitrogens is 1. The van der Waals surface area contributed by atoms with Crippen LogP contribution in [0.1, 0.15) is 10.5 Å². The van der Waals surface area contributed by atoms with Gasteiger partial charge in [-0.05, 0) is 22.0 Å². The molecule has 0 aliphatic carbocycles. The van der Waals surface area contributed by atoms with Crippen molar-refractivity contribution in [1.29, 1.82) is 0 Å². The smallest absolute Gasteiger partial charge is 0.327 e. The van der Waals surface area contributed by atoms with E-state index in [2.05, 4.69) is 26.2 Å². The molecule has 0 bridgehead atoms. The molecule has 92 valence electrons. The summed E-state index contributed by atoms with van der Waals surface area (Å²) in [5.41, 5.74) is 0.394. The van der Waals surface area contributed by atoms with Gasteiger partial charge in [0.1, 0.15) is 11.7 Å². The summed E-state index contributed by atoms with van der Waals surface area (Å²) in [6, 6.07) is 0.835. The third-order valence-corrected chi connectivity index (χ3v) is 3.13. The molecule has 17 heavy (non-hydrogen) atoms. The van der Waals surface area contributed by atoms with Crippen molar-refractivity contribution < 1.29 is 14.7 Å². The molecule has 1 saturated heterocycles. The maximum atomic E-state index is 12.1. The molecule has 1 unspecified atom stereocenters. The lowest BCUT2D eigenvalue weighted by Crippen LogP contribution is -2.57. The highest BCUT2D eigenvalue weighted by Gasteiger charge is 2.32. The average Bonchev–Trinajstić information content (AvgIpc) is 2.75. The lowest BCUT2D eigenvalue weighted by atomic mass is 10.2. The second-order valence-electron chi connectivity index (χ2n) is 3.79. The number of rotatable bonds is 2. The fourth-order valence-electron chi connectivity index (χ4n) is 1.81. The SMILES string of the molecule is O=C(O)C1CNCCN1C(=O)c1cc(Br)c[nH]1. The molecule has 1 aliphatic heterocycles. The van der Waals surface area contributed by atoms with Crippen LogP contribution in [0.3, 0.4) is 0 Å². The number of carboxylic acids is 1. The zero-order valence-corrected chi connectivity index (χ0v) is 10.5. The number of nitrogens with one attached hydrogen (secondary N) is 2. The highest BCUT2D eigenvalue weighted by atomic mass is 79.9. The number of carbonyl (C=O) groups excluding carboxylic acids is 1. The Morgan fingerprint density at radius 2 is 2.29 bits per heavy atom. The van der Waals surface area contributed by atoms with E-state index >= 15 is 0 Å². The van der Waals surface area contributed by atoms with Gasteiger partial charge in [-0.25, -0.2) is 4.79 Å². The minimum Gasteiger partial charge on any atom is -0.480 e. The minimum atomic E-state index is -0.990. The lowest BCUT2D eigenvalue weighted by molar-refractivity contribution is -0.142.